The quantitative estimate of drug-likeness (QED) is 0.848. The molecule has 0 atom stereocenters. The van der Waals surface area contributed by atoms with Crippen molar-refractivity contribution in [1.82, 2.24) is 4.72 Å². The lowest BCUT2D eigenvalue weighted by Gasteiger charge is -2.07. The molecule has 0 fully saturated rings. The first-order valence-electron chi connectivity index (χ1n) is 5.67. The monoisotopic (exact) mass is 298 g/mol. The molecule has 0 unspecified atom stereocenters. The summed E-state index contributed by atoms with van der Waals surface area (Å²) in [5, 5.41) is 0. The third-order valence-electron chi connectivity index (χ3n) is 2.59. The first-order chi connectivity index (χ1) is 9.37. The highest BCUT2D eigenvalue weighted by Gasteiger charge is 2.16. The van der Waals surface area contributed by atoms with E-state index in [1.165, 1.54) is 0 Å². The molecule has 0 heterocycles. The summed E-state index contributed by atoms with van der Waals surface area (Å²) >= 11 is 0. The standard InChI is InChI=1S/C13H12F2N2O2S/c14-10-5-11(15)7-13(6-10)20(18,19)17-8-9-1-3-12(16)4-2-9/h1-7,17H,8,16H2. The van der Waals surface area contributed by atoms with E-state index in [0.29, 0.717) is 17.3 Å². The molecule has 0 spiro atoms. The number of hydrogen-bond acceptors (Lipinski definition) is 3. The number of nitrogen functional groups attached to an aromatic ring is 1. The van der Waals surface area contributed by atoms with Crippen molar-refractivity contribution in [3.8, 4) is 0 Å². The molecule has 2 aromatic carbocycles. The van der Waals surface area contributed by atoms with E-state index in [4.69, 9.17) is 5.73 Å². The Bertz CT molecular complexity index is 695. The van der Waals surface area contributed by atoms with Crippen molar-refractivity contribution in [2.45, 2.75) is 11.4 Å². The SMILES string of the molecule is Nc1ccc(CNS(=O)(=O)c2cc(F)cc(F)c2)cc1. The van der Waals surface area contributed by atoms with Gasteiger partial charge in [0.15, 0.2) is 0 Å². The van der Waals surface area contributed by atoms with Gasteiger partial charge in [-0.1, -0.05) is 12.1 Å². The van der Waals surface area contributed by atoms with Gasteiger partial charge >= 0.3 is 0 Å². The molecule has 4 nitrogen and oxygen atoms in total. The number of benzene rings is 2. The second kappa shape index (κ2) is 5.56. The lowest BCUT2D eigenvalue weighted by atomic mass is 10.2. The Labute approximate surface area is 115 Å². The Morgan fingerprint density at radius 2 is 1.55 bits per heavy atom. The Balaban J connectivity index is 2.16. The van der Waals surface area contributed by atoms with Crippen LogP contribution in [0.4, 0.5) is 14.5 Å². The fourth-order valence-corrected chi connectivity index (χ4v) is 2.64. The summed E-state index contributed by atoms with van der Waals surface area (Å²) in [7, 11) is -3.97. The van der Waals surface area contributed by atoms with Gasteiger partial charge < -0.3 is 5.73 Å². The summed E-state index contributed by atoms with van der Waals surface area (Å²) in [5.74, 6) is -1.89. The maximum atomic E-state index is 13.0. The minimum atomic E-state index is -3.97. The van der Waals surface area contributed by atoms with Crippen molar-refractivity contribution >= 4 is 15.7 Å². The van der Waals surface area contributed by atoms with Crippen LogP contribution < -0.4 is 10.5 Å². The van der Waals surface area contributed by atoms with Crippen LogP contribution in [0.3, 0.4) is 0 Å². The normalized spacial score (nSPS) is 11.5. The van der Waals surface area contributed by atoms with Gasteiger partial charge in [-0.25, -0.2) is 21.9 Å². The average Bonchev–Trinajstić information content (AvgIpc) is 2.37. The number of sulfonamides is 1. The van der Waals surface area contributed by atoms with Crippen LogP contribution in [0.2, 0.25) is 0 Å². The van der Waals surface area contributed by atoms with Gasteiger partial charge in [-0.05, 0) is 29.8 Å². The Kier molecular flexibility index (Phi) is 4.01. The van der Waals surface area contributed by atoms with Crippen LogP contribution in [-0.4, -0.2) is 8.42 Å². The van der Waals surface area contributed by atoms with Gasteiger partial charge in [-0.15, -0.1) is 0 Å². The van der Waals surface area contributed by atoms with Crippen molar-refractivity contribution in [2.24, 2.45) is 0 Å². The second-order valence-electron chi connectivity index (χ2n) is 4.17. The highest BCUT2D eigenvalue weighted by molar-refractivity contribution is 7.89. The molecular weight excluding hydrogens is 286 g/mol. The number of hydrogen-bond donors (Lipinski definition) is 2. The van der Waals surface area contributed by atoms with Crippen molar-refractivity contribution in [2.75, 3.05) is 5.73 Å². The zero-order valence-corrected chi connectivity index (χ0v) is 11.1. The van der Waals surface area contributed by atoms with Crippen molar-refractivity contribution in [3.05, 3.63) is 59.7 Å². The van der Waals surface area contributed by atoms with E-state index in [9.17, 15) is 17.2 Å². The molecule has 0 amide bonds. The average molecular weight is 298 g/mol. The zero-order valence-electron chi connectivity index (χ0n) is 10.3. The van der Waals surface area contributed by atoms with Gasteiger partial charge in [0.2, 0.25) is 10.0 Å². The molecule has 106 valence electrons. The van der Waals surface area contributed by atoms with Crippen LogP contribution in [0.15, 0.2) is 47.4 Å². The van der Waals surface area contributed by atoms with Crippen molar-refractivity contribution in [3.63, 3.8) is 0 Å². The van der Waals surface area contributed by atoms with E-state index in [-0.39, 0.29) is 6.54 Å². The number of halogens is 2. The van der Waals surface area contributed by atoms with Gasteiger partial charge in [-0.3, -0.25) is 0 Å². The first kappa shape index (κ1) is 14.4. The minimum absolute atomic E-state index is 0.000740. The van der Waals surface area contributed by atoms with Gasteiger partial charge in [-0.2, -0.15) is 0 Å². The zero-order chi connectivity index (χ0) is 14.8. The summed E-state index contributed by atoms with van der Waals surface area (Å²) in [6.07, 6.45) is 0. The molecule has 0 aliphatic carbocycles. The molecule has 7 heteroatoms. The smallest absolute Gasteiger partial charge is 0.241 e. The van der Waals surface area contributed by atoms with Gasteiger partial charge in [0.25, 0.3) is 0 Å². The van der Waals surface area contributed by atoms with E-state index in [1.807, 2.05) is 0 Å². The molecule has 20 heavy (non-hydrogen) atoms. The molecule has 0 aliphatic rings. The van der Waals surface area contributed by atoms with Crippen LogP contribution in [0.5, 0.6) is 0 Å². The molecular formula is C13H12F2N2O2S. The minimum Gasteiger partial charge on any atom is -0.399 e. The Morgan fingerprint density at radius 3 is 2.10 bits per heavy atom. The predicted octanol–water partition coefficient (Wildman–Crippen LogP) is 2.03. The summed E-state index contributed by atoms with van der Waals surface area (Å²) in [6.45, 7) is 0.000740. The summed E-state index contributed by atoms with van der Waals surface area (Å²) in [4.78, 5) is -0.453. The van der Waals surface area contributed by atoms with Crippen molar-refractivity contribution < 1.29 is 17.2 Å². The fourth-order valence-electron chi connectivity index (χ4n) is 1.58. The molecule has 0 bridgehead atoms. The van der Waals surface area contributed by atoms with Crippen LogP contribution in [0.25, 0.3) is 0 Å². The number of nitrogens with two attached hydrogens (primary N) is 1. The van der Waals surface area contributed by atoms with Gasteiger partial charge in [0.1, 0.15) is 11.6 Å². The third-order valence-corrected chi connectivity index (χ3v) is 3.97. The second-order valence-corrected chi connectivity index (χ2v) is 5.94. The topological polar surface area (TPSA) is 72.2 Å². The number of nitrogens with one attached hydrogen (secondary N) is 1. The van der Waals surface area contributed by atoms with E-state index in [1.54, 1.807) is 24.3 Å². The van der Waals surface area contributed by atoms with Crippen LogP contribution >= 0.6 is 0 Å². The molecule has 2 rings (SSSR count). The molecule has 0 saturated carbocycles. The van der Waals surface area contributed by atoms with Gasteiger partial charge in [0.05, 0.1) is 4.90 Å². The molecule has 3 N–H and O–H groups in total. The largest absolute Gasteiger partial charge is 0.399 e. The molecule has 0 saturated heterocycles. The Morgan fingerprint density at radius 1 is 1.00 bits per heavy atom. The highest BCUT2D eigenvalue weighted by atomic mass is 32.2. The fraction of sp³-hybridized carbons (Fsp3) is 0.0769. The first-order valence-corrected chi connectivity index (χ1v) is 7.15. The van der Waals surface area contributed by atoms with E-state index >= 15 is 0 Å². The van der Waals surface area contributed by atoms with Crippen LogP contribution in [-0.2, 0) is 16.6 Å². The number of rotatable bonds is 4. The molecule has 0 aromatic heterocycles. The summed E-state index contributed by atoms with van der Waals surface area (Å²) < 4.78 is 52.1. The summed E-state index contributed by atoms with van der Waals surface area (Å²) in [5.41, 5.74) is 6.75. The maximum absolute atomic E-state index is 13.0. The summed E-state index contributed by atoms with van der Waals surface area (Å²) in [6, 6.07) is 8.70. The number of anilines is 1. The molecule has 0 aliphatic heterocycles. The van der Waals surface area contributed by atoms with E-state index in [2.05, 4.69) is 4.72 Å². The molecule has 0 radical (unpaired) electrons. The van der Waals surface area contributed by atoms with Crippen molar-refractivity contribution in [1.29, 1.82) is 0 Å². The highest BCUT2D eigenvalue weighted by Crippen LogP contribution is 2.14. The molecule has 2 aromatic rings. The van der Waals surface area contributed by atoms with E-state index in [0.717, 1.165) is 12.1 Å². The van der Waals surface area contributed by atoms with Gasteiger partial charge in [0, 0.05) is 18.3 Å². The Hall–Kier alpha value is -1.99. The van der Waals surface area contributed by atoms with Crippen LogP contribution in [0, 0.1) is 11.6 Å². The predicted molar refractivity (Wildman–Crippen MR) is 71.2 cm³/mol. The van der Waals surface area contributed by atoms with E-state index < -0.39 is 26.6 Å². The van der Waals surface area contributed by atoms with Crippen LogP contribution in [0.1, 0.15) is 5.56 Å². The third kappa shape index (κ3) is 3.52. The lowest BCUT2D eigenvalue weighted by Crippen LogP contribution is -2.23. The maximum Gasteiger partial charge on any atom is 0.241 e. The lowest BCUT2D eigenvalue weighted by molar-refractivity contribution is 0.561.